The Morgan fingerprint density at radius 3 is 2.84 bits per heavy atom. The first kappa shape index (κ1) is 13.3. The molecule has 1 atom stereocenters. The van der Waals surface area contributed by atoms with Crippen molar-refractivity contribution >= 4 is 27.3 Å². The Morgan fingerprint density at radius 2 is 2.11 bits per heavy atom. The van der Waals surface area contributed by atoms with E-state index in [1.807, 2.05) is 11.3 Å². The molecule has 2 heterocycles. The highest BCUT2D eigenvalue weighted by Crippen LogP contribution is 2.29. The first-order chi connectivity index (χ1) is 9.34. The number of hydrogen-bond acceptors (Lipinski definition) is 3. The summed E-state index contributed by atoms with van der Waals surface area (Å²) in [5.74, 6) is 0. The lowest BCUT2D eigenvalue weighted by Crippen LogP contribution is -2.45. The lowest BCUT2D eigenvalue weighted by Gasteiger charge is -2.36. The molecule has 1 aliphatic heterocycles. The van der Waals surface area contributed by atoms with Crippen molar-refractivity contribution in [2.75, 3.05) is 19.6 Å². The van der Waals surface area contributed by atoms with Crippen molar-refractivity contribution in [3.05, 3.63) is 56.7 Å². The first-order valence-electron chi connectivity index (χ1n) is 6.56. The van der Waals surface area contributed by atoms with Gasteiger partial charge in [-0.15, -0.1) is 11.3 Å². The smallest absolute Gasteiger partial charge is 0.0477 e. The van der Waals surface area contributed by atoms with Gasteiger partial charge in [0.2, 0.25) is 0 Å². The zero-order valence-corrected chi connectivity index (χ0v) is 13.1. The Balaban J connectivity index is 1.80. The SMILES string of the molecule is Brc1ccsc1CN1CCNCC1c1ccccc1. The minimum Gasteiger partial charge on any atom is -0.314 e. The van der Waals surface area contributed by atoms with Crippen molar-refractivity contribution in [2.24, 2.45) is 0 Å². The molecule has 1 aliphatic rings. The molecule has 100 valence electrons. The van der Waals surface area contributed by atoms with Crippen LogP contribution in [0.4, 0.5) is 0 Å². The molecule has 0 saturated carbocycles. The number of thiophene rings is 1. The van der Waals surface area contributed by atoms with E-state index in [0.29, 0.717) is 6.04 Å². The molecule has 1 unspecified atom stereocenters. The standard InChI is InChI=1S/C15H17BrN2S/c16-13-6-9-19-15(13)11-18-8-7-17-10-14(18)12-4-2-1-3-5-12/h1-6,9,14,17H,7-8,10-11H2. The second-order valence-corrected chi connectivity index (χ2v) is 6.65. The quantitative estimate of drug-likeness (QED) is 0.920. The van der Waals surface area contributed by atoms with Gasteiger partial charge in [0.1, 0.15) is 0 Å². The van der Waals surface area contributed by atoms with E-state index >= 15 is 0 Å². The largest absolute Gasteiger partial charge is 0.314 e. The molecule has 0 aliphatic carbocycles. The summed E-state index contributed by atoms with van der Waals surface area (Å²) in [6.45, 7) is 4.24. The molecule has 1 aromatic heterocycles. The highest BCUT2D eigenvalue weighted by atomic mass is 79.9. The monoisotopic (exact) mass is 336 g/mol. The summed E-state index contributed by atoms with van der Waals surface area (Å²) in [7, 11) is 0. The van der Waals surface area contributed by atoms with Crippen molar-refractivity contribution in [2.45, 2.75) is 12.6 Å². The highest BCUT2D eigenvalue weighted by Gasteiger charge is 2.24. The van der Waals surface area contributed by atoms with E-state index in [1.165, 1.54) is 14.9 Å². The molecule has 19 heavy (non-hydrogen) atoms. The van der Waals surface area contributed by atoms with Gasteiger partial charge in [-0.2, -0.15) is 0 Å². The minimum atomic E-state index is 0.476. The van der Waals surface area contributed by atoms with E-state index in [-0.39, 0.29) is 0 Å². The van der Waals surface area contributed by atoms with Crippen LogP contribution >= 0.6 is 27.3 Å². The van der Waals surface area contributed by atoms with Gasteiger partial charge in [-0.1, -0.05) is 30.3 Å². The Bertz CT molecular complexity index is 526. The van der Waals surface area contributed by atoms with E-state index in [0.717, 1.165) is 26.2 Å². The van der Waals surface area contributed by atoms with E-state index in [1.54, 1.807) is 0 Å². The van der Waals surface area contributed by atoms with E-state index in [2.05, 4.69) is 67.9 Å². The van der Waals surface area contributed by atoms with Crippen LogP contribution in [0.15, 0.2) is 46.3 Å². The molecule has 0 bridgehead atoms. The number of rotatable bonds is 3. The third kappa shape index (κ3) is 3.08. The molecule has 0 spiro atoms. The summed E-state index contributed by atoms with van der Waals surface area (Å²) in [6.07, 6.45) is 0. The first-order valence-corrected chi connectivity index (χ1v) is 8.23. The van der Waals surface area contributed by atoms with Crippen molar-refractivity contribution in [1.82, 2.24) is 10.2 Å². The van der Waals surface area contributed by atoms with Crippen LogP contribution in [0.2, 0.25) is 0 Å². The third-order valence-electron chi connectivity index (χ3n) is 3.58. The van der Waals surface area contributed by atoms with Gasteiger partial charge in [0.15, 0.2) is 0 Å². The zero-order valence-electron chi connectivity index (χ0n) is 10.7. The van der Waals surface area contributed by atoms with Gasteiger partial charge < -0.3 is 5.32 Å². The molecular formula is C15H17BrN2S. The van der Waals surface area contributed by atoms with Gasteiger partial charge in [0, 0.05) is 41.6 Å². The zero-order chi connectivity index (χ0) is 13.1. The summed E-state index contributed by atoms with van der Waals surface area (Å²) in [4.78, 5) is 3.99. The van der Waals surface area contributed by atoms with E-state index in [9.17, 15) is 0 Å². The van der Waals surface area contributed by atoms with E-state index in [4.69, 9.17) is 0 Å². The van der Waals surface area contributed by atoms with Crippen molar-refractivity contribution in [3.8, 4) is 0 Å². The summed E-state index contributed by atoms with van der Waals surface area (Å²) < 4.78 is 1.24. The molecule has 0 radical (unpaired) electrons. The van der Waals surface area contributed by atoms with Crippen LogP contribution in [0.5, 0.6) is 0 Å². The van der Waals surface area contributed by atoms with Crippen molar-refractivity contribution in [1.29, 1.82) is 0 Å². The number of benzene rings is 1. The number of hydrogen-bond donors (Lipinski definition) is 1. The topological polar surface area (TPSA) is 15.3 Å². The maximum atomic E-state index is 3.64. The second-order valence-electron chi connectivity index (χ2n) is 4.79. The van der Waals surface area contributed by atoms with Crippen LogP contribution in [0.25, 0.3) is 0 Å². The summed E-state index contributed by atoms with van der Waals surface area (Å²) in [5, 5.41) is 5.66. The fraction of sp³-hybridized carbons (Fsp3) is 0.333. The summed E-state index contributed by atoms with van der Waals surface area (Å²) >= 11 is 5.47. The Hall–Kier alpha value is -0.680. The third-order valence-corrected chi connectivity index (χ3v) is 5.49. The maximum absolute atomic E-state index is 3.64. The fourth-order valence-corrected chi connectivity index (χ4v) is 4.06. The van der Waals surface area contributed by atoms with Gasteiger partial charge in [0.25, 0.3) is 0 Å². The molecule has 1 saturated heterocycles. The lowest BCUT2D eigenvalue weighted by atomic mass is 10.0. The van der Waals surface area contributed by atoms with Gasteiger partial charge in [-0.3, -0.25) is 4.90 Å². The van der Waals surface area contributed by atoms with Gasteiger partial charge >= 0.3 is 0 Å². The van der Waals surface area contributed by atoms with Crippen molar-refractivity contribution < 1.29 is 0 Å². The Labute approximate surface area is 126 Å². The molecule has 2 aromatic rings. The molecule has 3 rings (SSSR count). The number of nitrogens with zero attached hydrogens (tertiary/aromatic N) is 1. The van der Waals surface area contributed by atoms with Gasteiger partial charge in [0.05, 0.1) is 0 Å². The molecule has 1 aromatic carbocycles. The average molecular weight is 337 g/mol. The van der Waals surface area contributed by atoms with Crippen LogP contribution in [0, 0.1) is 0 Å². The molecule has 1 fully saturated rings. The Kier molecular flexibility index (Phi) is 4.33. The normalized spacial score (nSPS) is 20.6. The number of nitrogens with one attached hydrogen (secondary N) is 1. The molecule has 4 heteroatoms. The highest BCUT2D eigenvalue weighted by molar-refractivity contribution is 9.10. The second kappa shape index (κ2) is 6.18. The van der Waals surface area contributed by atoms with Crippen molar-refractivity contribution in [3.63, 3.8) is 0 Å². The molecular weight excluding hydrogens is 320 g/mol. The van der Waals surface area contributed by atoms with Crippen LogP contribution < -0.4 is 5.32 Å². The molecule has 1 N–H and O–H groups in total. The maximum Gasteiger partial charge on any atom is 0.0477 e. The van der Waals surface area contributed by atoms with Gasteiger partial charge in [-0.25, -0.2) is 0 Å². The molecule has 0 amide bonds. The van der Waals surface area contributed by atoms with E-state index < -0.39 is 0 Å². The summed E-state index contributed by atoms with van der Waals surface area (Å²) in [6, 6.07) is 13.4. The van der Waals surface area contributed by atoms with Gasteiger partial charge in [-0.05, 0) is 32.9 Å². The minimum absolute atomic E-state index is 0.476. The van der Waals surface area contributed by atoms with Crippen LogP contribution in [0.1, 0.15) is 16.5 Å². The molecule has 2 nitrogen and oxygen atoms in total. The average Bonchev–Trinajstić information content (AvgIpc) is 2.86. The summed E-state index contributed by atoms with van der Waals surface area (Å²) in [5.41, 5.74) is 1.40. The Morgan fingerprint density at radius 1 is 1.26 bits per heavy atom. The number of halogens is 1. The van der Waals surface area contributed by atoms with Crippen LogP contribution in [0.3, 0.4) is 0 Å². The predicted octanol–water partition coefficient (Wildman–Crippen LogP) is 3.66. The fourth-order valence-electron chi connectivity index (χ4n) is 2.56. The van der Waals surface area contributed by atoms with Crippen LogP contribution in [-0.4, -0.2) is 24.5 Å². The predicted molar refractivity (Wildman–Crippen MR) is 84.5 cm³/mol. The number of piperazine rings is 1. The van der Waals surface area contributed by atoms with Crippen LogP contribution in [-0.2, 0) is 6.54 Å². The lowest BCUT2D eigenvalue weighted by molar-refractivity contribution is 0.155.